The Morgan fingerprint density at radius 3 is 2.79 bits per heavy atom. The van der Waals surface area contributed by atoms with Crippen molar-refractivity contribution in [3.05, 3.63) is 34.9 Å². The van der Waals surface area contributed by atoms with Crippen LogP contribution in [0.4, 0.5) is 8.78 Å². The first kappa shape index (κ1) is 9.55. The molecule has 2 atom stereocenters. The Morgan fingerprint density at radius 2 is 2.07 bits per heavy atom. The van der Waals surface area contributed by atoms with Crippen LogP contribution in [-0.2, 0) is 6.42 Å². The quantitative estimate of drug-likeness (QED) is 0.661. The molecular weight excluding hydrogens is 188 g/mol. The maximum Gasteiger partial charge on any atom is 0.131 e. The summed E-state index contributed by atoms with van der Waals surface area (Å²) >= 11 is 0. The van der Waals surface area contributed by atoms with Crippen LogP contribution in [-0.4, -0.2) is 11.2 Å². The Labute approximate surface area is 80.4 Å². The molecule has 0 saturated carbocycles. The summed E-state index contributed by atoms with van der Waals surface area (Å²) in [4.78, 5) is 0. The summed E-state index contributed by atoms with van der Waals surface area (Å²) in [5.41, 5.74) is 6.45. The minimum atomic E-state index is -0.737. The van der Waals surface area contributed by atoms with Gasteiger partial charge in [0, 0.05) is 11.6 Å². The number of fused-ring (bicyclic) bond motifs is 1. The van der Waals surface area contributed by atoms with Gasteiger partial charge in [0.05, 0.1) is 12.1 Å². The van der Waals surface area contributed by atoms with Crippen LogP contribution in [0.2, 0.25) is 0 Å². The molecule has 0 aliphatic heterocycles. The zero-order valence-corrected chi connectivity index (χ0v) is 7.50. The Morgan fingerprint density at radius 1 is 1.36 bits per heavy atom. The number of nitrogens with two attached hydrogens (primary N) is 1. The maximum atomic E-state index is 13.3. The van der Waals surface area contributed by atoms with Crippen molar-refractivity contribution in [1.29, 1.82) is 0 Å². The molecule has 14 heavy (non-hydrogen) atoms. The number of aryl methyl sites for hydroxylation is 1. The van der Waals surface area contributed by atoms with E-state index in [-0.39, 0.29) is 5.56 Å². The summed E-state index contributed by atoms with van der Waals surface area (Å²) in [6, 6.07) is 1.35. The molecule has 1 aromatic rings. The van der Waals surface area contributed by atoms with E-state index in [1.165, 1.54) is 6.07 Å². The van der Waals surface area contributed by atoms with Crippen LogP contribution in [0, 0.1) is 11.6 Å². The van der Waals surface area contributed by atoms with E-state index in [1.54, 1.807) is 0 Å². The molecule has 0 fully saturated rings. The molecule has 2 rings (SSSR count). The normalized spacial score (nSPS) is 26.0. The summed E-state index contributed by atoms with van der Waals surface area (Å²) in [5.74, 6) is -1.25. The van der Waals surface area contributed by atoms with E-state index in [4.69, 9.17) is 5.73 Å². The van der Waals surface area contributed by atoms with E-state index >= 15 is 0 Å². The third-order valence-electron chi connectivity index (χ3n) is 2.64. The third-order valence-corrected chi connectivity index (χ3v) is 2.64. The Kier molecular flexibility index (Phi) is 2.25. The van der Waals surface area contributed by atoms with Crippen LogP contribution in [0.5, 0.6) is 0 Å². The van der Waals surface area contributed by atoms with Crippen molar-refractivity contribution >= 4 is 0 Å². The fourth-order valence-corrected chi connectivity index (χ4v) is 1.89. The highest BCUT2D eigenvalue weighted by Crippen LogP contribution is 2.30. The first-order valence-electron chi connectivity index (χ1n) is 4.51. The molecule has 4 heteroatoms. The van der Waals surface area contributed by atoms with Crippen LogP contribution in [0.3, 0.4) is 0 Å². The molecule has 2 nitrogen and oxygen atoms in total. The molecule has 0 unspecified atom stereocenters. The highest BCUT2D eigenvalue weighted by molar-refractivity contribution is 5.35. The van der Waals surface area contributed by atoms with Crippen molar-refractivity contribution in [2.45, 2.75) is 25.0 Å². The second-order valence-electron chi connectivity index (χ2n) is 3.59. The predicted octanol–water partition coefficient (Wildman–Crippen LogP) is 1.27. The molecule has 1 aromatic carbocycles. The number of hydrogen-bond donors (Lipinski definition) is 2. The van der Waals surface area contributed by atoms with Gasteiger partial charge in [0.2, 0.25) is 0 Å². The lowest BCUT2D eigenvalue weighted by atomic mass is 9.86. The van der Waals surface area contributed by atoms with Crippen LogP contribution in [0.1, 0.15) is 23.6 Å². The van der Waals surface area contributed by atoms with Gasteiger partial charge >= 0.3 is 0 Å². The number of rotatable bonds is 0. The topological polar surface area (TPSA) is 46.2 Å². The zero-order valence-electron chi connectivity index (χ0n) is 7.50. The SMILES string of the molecule is N[C@@H]1c2c(F)cc(F)cc2CC[C@@H]1O. The third kappa shape index (κ3) is 1.40. The van der Waals surface area contributed by atoms with Crippen molar-refractivity contribution in [2.75, 3.05) is 0 Å². The molecule has 0 bridgehead atoms. The molecule has 0 radical (unpaired) electrons. The molecule has 3 N–H and O–H groups in total. The van der Waals surface area contributed by atoms with E-state index in [1.807, 2.05) is 0 Å². The highest BCUT2D eigenvalue weighted by atomic mass is 19.1. The highest BCUT2D eigenvalue weighted by Gasteiger charge is 2.28. The fourth-order valence-electron chi connectivity index (χ4n) is 1.89. The maximum absolute atomic E-state index is 13.3. The fraction of sp³-hybridized carbons (Fsp3) is 0.400. The van der Waals surface area contributed by atoms with E-state index in [0.29, 0.717) is 18.4 Å². The molecule has 76 valence electrons. The van der Waals surface area contributed by atoms with Crippen molar-refractivity contribution in [3.63, 3.8) is 0 Å². The molecular formula is C10H11F2NO. The van der Waals surface area contributed by atoms with Crippen molar-refractivity contribution in [2.24, 2.45) is 5.73 Å². The van der Waals surface area contributed by atoms with Gasteiger partial charge in [0.1, 0.15) is 11.6 Å². The van der Waals surface area contributed by atoms with Gasteiger partial charge in [0.15, 0.2) is 0 Å². The standard InChI is InChI=1S/C10H11F2NO/c11-6-3-5-1-2-8(14)10(13)9(5)7(12)4-6/h3-4,8,10,14H,1-2,13H2/t8-,10-/m0/s1. The second-order valence-corrected chi connectivity index (χ2v) is 3.59. The van der Waals surface area contributed by atoms with E-state index in [2.05, 4.69) is 0 Å². The van der Waals surface area contributed by atoms with Gasteiger partial charge in [-0.05, 0) is 24.5 Å². The second kappa shape index (κ2) is 3.29. The number of aliphatic hydroxyl groups is 1. The average molecular weight is 199 g/mol. The minimum absolute atomic E-state index is 0.255. The van der Waals surface area contributed by atoms with Gasteiger partial charge < -0.3 is 10.8 Å². The van der Waals surface area contributed by atoms with Gasteiger partial charge in [-0.1, -0.05) is 0 Å². The van der Waals surface area contributed by atoms with Gasteiger partial charge in [0.25, 0.3) is 0 Å². The van der Waals surface area contributed by atoms with Crippen molar-refractivity contribution in [3.8, 4) is 0 Å². The summed E-state index contributed by atoms with van der Waals surface area (Å²) in [5, 5.41) is 9.43. The lowest BCUT2D eigenvalue weighted by Gasteiger charge is -2.27. The van der Waals surface area contributed by atoms with Crippen molar-refractivity contribution < 1.29 is 13.9 Å². The van der Waals surface area contributed by atoms with E-state index in [0.717, 1.165) is 6.07 Å². The largest absolute Gasteiger partial charge is 0.391 e. The van der Waals surface area contributed by atoms with Crippen LogP contribution in [0.15, 0.2) is 12.1 Å². The lowest BCUT2D eigenvalue weighted by Crippen LogP contribution is -2.32. The van der Waals surface area contributed by atoms with Crippen LogP contribution in [0.25, 0.3) is 0 Å². The first-order valence-corrected chi connectivity index (χ1v) is 4.51. The number of hydrogen-bond acceptors (Lipinski definition) is 2. The van der Waals surface area contributed by atoms with Gasteiger partial charge in [-0.2, -0.15) is 0 Å². The van der Waals surface area contributed by atoms with Gasteiger partial charge in [-0.15, -0.1) is 0 Å². The smallest absolute Gasteiger partial charge is 0.131 e. The van der Waals surface area contributed by atoms with E-state index in [9.17, 15) is 13.9 Å². The Balaban J connectivity index is 2.54. The summed E-state index contributed by atoms with van der Waals surface area (Å²) in [7, 11) is 0. The van der Waals surface area contributed by atoms with Gasteiger partial charge in [-0.25, -0.2) is 8.78 Å². The number of halogens is 2. The van der Waals surface area contributed by atoms with Crippen LogP contribution >= 0.6 is 0 Å². The molecule has 1 aliphatic carbocycles. The number of benzene rings is 1. The monoisotopic (exact) mass is 199 g/mol. The average Bonchev–Trinajstić information content (AvgIpc) is 2.10. The molecule has 0 amide bonds. The first-order chi connectivity index (χ1) is 6.59. The van der Waals surface area contributed by atoms with Gasteiger partial charge in [-0.3, -0.25) is 0 Å². The minimum Gasteiger partial charge on any atom is -0.391 e. The lowest BCUT2D eigenvalue weighted by molar-refractivity contribution is 0.126. The molecule has 0 spiro atoms. The Bertz CT molecular complexity index is 367. The molecule has 0 aromatic heterocycles. The van der Waals surface area contributed by atoms with Crippen molar-refractivity contribution in [1.82, 2.24) is 0 Å². The molecule has 0 saturated heterocycles. The van der Waals surface area contributed by atoms with E-state index < -0.39 is 23.8 Å². The Hall–Kier alpha value is -1.00. The summed E-state index contributed by atoms with van der Waals surface area (Å²) in [6.45, 7) is 0. The molecule has 1 aliphatic rings. The predicted molar refractivity (Wildman–Crippen MR) is 47.6 cm³/mol. The zero-order chi connectivity index (χ0) is 10.3. The summed E-state index contributed by atoms with van der Waals surface area (Å²) in [6.07, 6.45) is 0.193. The summed E-state index contributed by atoms with van der Waals surface area (Å²) < 4.78 is 26.2. The van der Waals surface area contributed by atoms with Crippen LogP contribution < -0.4 is 5.73 Å². The molecule has 0 heterocycles. The number of aliphatic hydroxyl groups excluding tert-OH is 1.